The third-order valence-corrected chi connectivity index (χ3v) is 14.1. The van der Waals surface area contributed by atoms with Gasteiger partial charge in [0.15, 0.2) is 24.6 Å². The summed E-state index contributed by atoms with van der Waals surface area (Å²) in [5, 5.41) is 31.6. The van der Waals surface area contributed by atoms with Crippen molar-refractivity contribution in [3.8, 4) is 0 Å². The molecule has 0 amide bonds. The number of esters is 3. The topological polar surface area (TPSA) is 175 Å². The van der Waals surface area contributed by atoms with Crippen molar-refractivity contribution in [1.29, 1.82) is 0 Å². The summed E-state index contributed by atoms with van der Waals surface area (Å²) >= 11 is 0. The number of carbonyl (C=O) groups is 4. The first-order valence-corrected chi connectivity index (χ1v) is 32.2. The average Bonchev–Trinajstić information content (AvgIpc) is 3.45. The maximum atomic E-state index is 13.2. The van der Waals surface area contributed by atoms with Crippen molar-refractivity contribution in [2.24, 2.45) is 0 Å². The molecule has 0 bridgehead atoms. The Morgan fingerprint density at radius 1 is 0.420 bits per heavy atom. The molecule has 0 aromatic heterocycles. The van der Waals surface area contributed by atoms with E-state index in [1.54, 1.807) is 0 Å². The predicted octanol–water partition coefficient (Wildman–Crippen LogP) is 17.2. The molecule has 1 heterocycles. The summed E-state index contributed by atoms with van der Waals surface area (Å²) in [5.74, 6) is -3.18. The molecule has 0 spiro atoms. The molecule has 12 heteroatoms. The van der Waals surface area contributed by atoms with E-state index in [9.17, 15) is 34.5 Å². The van der Waals surface area contributed by atoms with Crippen LogP contribution >= 0.6 is 0 Å². The van der Waals surface area contributed by atoms with E-state index in [0.29, 0.717) is 19.3 Å². The quantitative estimate of drug-likeness (QED) is 0.0228. The van der Waals surface area contributed by atoms with Gasteiger partial charge in [-0.3, -0.25) is 14.4 Å². The van der Waals surface area contributed by atoms with Gasteiger partial charge >= 0.3 is 23.9 Å². The Kier molecular flexibility index (Phi) is 51.7. The third kappa shape index (κ3) is 45.8. The van der Waals surface area contributed by atoms with E-state index >= 15 is 0 Å². The van der Waals surface area contributed by atoms with Gasteiger partial charge in [-0.2, -0.15) is 0 Å². The van der Waals surface area contributed by atoms with Gasteiger partial charge in [0.2, 0.25) is 0 Å². The number of allylic oxidation sites excluding steroid dienone is 16. The van der Waals surface area contributed by atoms with Crippen LogP contribution in [0.25, 0.3) is 0 Å². The van der Waals surface area contributed by atoms with Crippen LogP contribution in [0.2, 0.25) is 0 Å². The van der Waals surface area contributed by atoms with Crippen LogP contribution in [0.3, 0.4) is 0 Å². The van der Waals surface area contributed by atoms with Gasteiger partial charge in [0.25, 0.3) is 0 Å². The van der Waals surface area contributed by atoms with Gasteiger partial charge in [0.05, 0.1) is 6.61 Å². The molecular weight excluding hydrogens is 1020 g/mol. The first-order valence-electron chi connectivity index (χ1n) is 32.2. The molecule has 6 unspecified atom stereocenters. The van der Waals surface area contributed by atoms with E-state index in [2.05, 4.69) is 118 Å². The van der Waals surface area contributed by atoms with Crippen LogP contribution in [0.15, 0.2) is 97.2 Å². The van der Waals surface area contributed by atoms with Crippen molar-refractivity contribution in [3.63, 3.8) is 0 Å². The van der Waals surface area contributed by atoms with Gasteiger partial charge in [-0.15, -0.1) is 0 Å². The lowest BCUT2D eigenvalue weighted by Crippen LogP contribution is -2.61. The van der Waals surface area contributed by atoms with Crippen molar-refractivity contribution in [1.82, 2.24) is 0 Å². The van der Waals surface area contributed by atoms with Crippen molar-refractivity contribution in [2.75, 3.05) is 13.2 Å². The zero-order chi connectivity index (χ0) is 58.9. The lowest BCUT2D eigenvalue weighted by atomic mass is 9.98. The number of hydrogen-bond acceptors (Lipinski definition) is 11. The molecule has 1 aliphatic heterocycles. The summed E-state index contributed by atoms with van der Waals surface area (Å²) < 4.78 is 28.5. The molecule has 0 aromatic rings. The van der Waals surface area contributed by atoms with Crippen molar-refractivity contribution in [3.05, 3.63) is 97.2 Å². The molecule has 1 aliphatic rings. The largest absolute Gasteiger partial charge is 0.479 e. The van der Waals surface area contributed by atoms with Gasteiger partial charge < -0.3 is 39.0 Å². The first-order chi connectivity index (χ1) is 39.6. The van der Waals surface area contributed by atoms with Crippen LogP contribution < -0.4 is 0 Å². The molecule has 81 heavy (non-hydrogen) atoms. The molecule has 0 aromatic carbocycles. The predicted molar refractivity (Wildman–Crippen MR) is 331 cm³/mol. The minimum absolute atomic E-state index is 0.0500. The van der Waals surface area contributed by atoms with Gasteiger partial charge in [-0.1, -0.05) is 227 Å². The Morgan fingerprint density at radius 3 is 1.26 bits per heavy atom. The van der Waals surface area contributed by atoms with Crippen LogP contribution in [0.4, 0.5) is 0 Å². The number of ether oxygens (including phenoxy) is 5. The molecule has 1 rings (SSSR count). The van der Waals surface area contributed by atoms with E-state index in [1.807, 2.05) is 0 Å². The molecule has 1 fully saturated rings. The number of carboxylic acids is 1. The van der Waals surface area contributed by atoms with E-state index in [1.165, 1.54) is 70.6 Å². The van der Waals surface area contributed by atoms with Crippen LogP contribution in [0.1, 0.15) is 265 Å². The minimum Gasteiger partial charge on any atom is -0.479 e. The summed E-state index contributed by atoms with van der Waals surface area (Å²) in [7, 11) is 0. The number of aliphatic hydroxyl groups is 2. The highest BCUT2D eigenvalue weighted by atomic mass is 16.7. The number of carboxylic acid groups (broad SMARTS) is 1. The van der Waals surface area contributed by atoms with Gasteiger partial charge in [-0.05, 0) is 116 Å². The maximum Gasteiger partial charge on any atom is 0.335 e. The van der Waals surface area contributed by atoms with Gasteiger partial charge in [0.1, 0.15) is 18.8 Å². The molecule has 462 valence electrons. The first kappa shape index (κ1) is 74.7. The van der Waals surface area contributed by atoms with E-state index in [-0.39, 0.29) is 25.9 Å². The van der Waals surface area contributed by atoms with Crippen LogP contribution in [0, 0.1) is 0 Å². The summed E-state index contributed by atoms with van der Waals surface area (Å²) in [6.07, 6.45) is 62.2. The summed E-state index contributed by atoms with van der Waals surface area (Å²) in [6.45, 7) is 5.79. The molecule has 3 N–H and O–H groups in total. The van der Waals surface area contributed by atoms with Gasteiger partial charge in [0, 0.05) is 19.3 Å². The zero-order valence-corrected chi connectivity index (χ0v) is 51.0. The second kappa shape index (κ2) is 56.1. The van der Waals surface area contributed by atoms with E-state index in [0.717, 1.165) is 135 Å². The SMILES string of the molecule is CC/C=C\C/C=C\C/C=C\C/C=C\C/C=C\CCCCCC(=O)OCC(COC1OC(C(=O)O)C(O)C(O)C1OC(=O)CCCCCCCCCCC/C=C\CCCCCCCC)OC(=O)CCCCCCC/C=C\C/C=C\CCC. The summed E-state index contributed by atoms with van der Waals surface area (Å²) in [5.41, 5.74) is 0. The molecule has 6 atom stereocenters. The highest BCUT2D eigenvalue weighted by Crippen LogP contribution is 2.26. The van der Waals surface area contributed by atoms with Crippen LogP contribution in [0.5, 0.6) is 0 Å². The molecule has 12 nitrogen and oxygen atoms in total. The van der Waals surface area contributed by atoms with E-state index < -0.39 is 67.3 Å². The maximum absolute atomic E-state index is 13.2. The number of hydrogen-bond donors (Lipinski definition) is 3. The minimum atomic E-state index is -1.91. The summed E-state index contributed by atoms with van der Waals surface area (Å²) in [6, 6.07) is 0. The number of carbonyl (C=O) groups excluding carboxylic acids is 3. The number of unbranched alkanes of at least 4 members (excludes halogenated alkanes) is 24. The monoisotopic (exact) mass is 1130 g/mol. The Labute approximate surface area is 492 Å². The third-order valence-electron chi connectivity index (χ3n) is 14.1. The average molecular weight is 1140 g/mol. The Hall–Kier alpha value is -4.36. The highest BCUT2D eigenvalue weighted by molar-refractivity contribution is 5.74. The van der Waals surface area contributed by atoms with Crippen molar-refractivity contribution in [2.45, 2.75) is 302 Å². The zero-order valence-electron chi connectivity index (χ0n) is 51.0. The summed E-state index contributed by atoms with van der Waals surface area (Å²) in [4.78, 5) is 51.3. The van der Waals surface area contributed by atoms with Crippen LogP contribution in [-0.4, -0.2) is 89.2 Å². The van der Waals surface area contributed by atoms with Gasteiger partial charge in [-0.25, -0.2) is 4.79 Å². The lowest BCUT2D eigenvalue weighted by molar-refractivity contribution is -0.301. The lowest BCUT2D eigenvalue weighted by Gasteiger charge is -2.40. The molecule has 0 aliphatic carbocycles. The smallest absolute Gasteiger partial charge is 0.335 e. The molecule has 0 radical (unpaired) electrons. The van der Waals surface area contributed by atoms with Crippen LogP contribution in [-0.2, 0) is 42.9 Å². The van der Waals surface area contributed by atoms with E-state index in [4.69, 9.17) is 23.7 Å². The van der Waals surface area contributed by atoms with Crippen molar-refractivity contribution >= 4 is 23.9 Å². The van der Waals surface area contributed by atoms with Crippen molar-refractivity contribution < 1.29 is 58.2 Å². The second-order valence-electron chi connectivity index (χ2n) is 21.7. The Bertz CT molecular complexity index is 1780. The molecule has 0 saturated carbocycles. The number of aliphatic carboxylic acids is 1. The Balaban J connectivity index is 2.67. The highest BCUT2D eigenvalue weighted by Gasteiger charge is 2.50. The second-order valence-corrected chi connectivity index (χ2v) is 21.7. The fraction of sp³-hybridized carbons (Fsp3) is 0.710. The fourth-order valence-corrected chi connectivity index (χ4v) is 9.19. The normalized spacial score (nSPS) is 18.4. The standard InChI is InChI=1S/C69H114O12/c1-4-7-10-13-16-19-22-25-27-29-31-33-35-38-40-43-46-49-52-55-61(70)77-58-60(79-62(71)56-53-50-47-44-41-37-24-21-18-15-12-9-6-3)59-78-69-67(65(74)64(73)66(81-69)68(75)76)80-63(72)57-54-51-48-45-42-39-36-34-32-30-28-26-23-20-17-14-11-8-5-2/h7,10,12,15-16,19,21,24-28,31,33,38,40,60,64-67,69,73-74H,4-6,8-9,11,13-14,17-18,20,22-23,29-30,32,34-37,39,41-59H2,1-3H3,(H,75,76)/b10-7-,15-12-,19-16-,24-21-,27-25-,28-26-,33-31-,40-38-. The molecule has 1 saturated heterocycles. The fourth-order valence-electron chi connectivity index (χ4n) is 9.19. The number of aliphatic hydroxyl groups excluding tert-OH is 2. The molecular formula is C69H114O12. The number of rotatable bonds is 54. The Morgan fingerprint density at radius 2 is 0.802 bits per heavy atom.